The Labute approximate surface area is 164 Å². The van der Waals surface area contributed by atoms with Crippen LogP contribution in [-0.4, -0.2) is 40.9 Å². The summed E-state index contributed by atoms with van der Waals surface area (Å²) in [6.45, 7) is 8.29. The molecule has 0 spiro atoms. The number of benzene rings is 1. The molecule has 0 fully saturated rings. The fourth-order valence-corrected chi connectivity index (χ4v) is 4.50. The highest BCUT2D eigenvalue weighted by Gasteiger charge is 2.21. The van der Waals surface area contributed by atoms with Crippen molar-refractivity contribution in [2.45, 2.75) is 62.5 Å². The summed E-state index contributed by atoms with van der Waals surface area (Å²) >= 11 is 1.26. The van der Waals surface area contributed by atoms with E-state index in [1.165, 1.54) is 11.8 Å². The summed E-state index contributed by atoms with van der Waals surface area (Å²) in [6, 6.07) is 6.87. The number of hydrogen-bond acceptors (Lipinski definition) is 6. The zero-order valence-electron chi connectivity index (χ0n) is 16.1. The van der Waals surface area contributed by atoms with E-state index in [1.54, 1.807) is 28.8 Å². The van der Waals surface area contributed by atoms with Crippen LogP contribution in [0.1, 0.15) is 38.6 Å². The van der Waals surface area contributed by atoms with Gasteiger partial charge in [-0.2, -0.15) is 0 Å². The van der Waals surface area contributed by atoms with Gasteiger partial charge in [0.1, 0.15) is 11.6 Å². The number of thioether (sulfide) groups is 1. The first-order chi connectivity index (χ1) is 12.8. The predicted molar refractivity (Wildman–Crippen MR) is 106 cm³/mol. The number of nitrogens with zero attached hydrogens (tertiary/aromatic N) is 3. The largest absolute Gasteiger partial charge is 0.353 e. The van der Waals surface area contributed by atoms with E-state index in [2.05, 4.69) is 15.5 Å². The SMILES string of the molecule is CCC(C)NC(=O)CSc1nnc(CS(=O)(=O)c2ccc(C)cc2)n1CC. The molecule has 1 aromatic heterocycles. The Morgan fingerprint density at radius 2 is 1.89 bits per heavy atom. The summed E-state index contributed by atoms with van der Waals surface area (Å²) in [5, 5.41) is 11.6. The molecule has 9 heteroatoms. The molecule has 148 valence electrons. The Bertz CT molecular complexity index is 877. The number of carbonyl (C=O) groups excluding carboxylic acids is 1. The zero-order valence-corrected chi connectivity index (χ0v) is 17.7. The molecule has 0 bridgehead atoms. The predicted octanol–water partition coefficient (Wildman–Crippen LogP) is 2.59. The van der Waals surface area contributed by atoms with Crippen molar-refractivity contribution in [1.29, 1.82) is 0 Å². The molecule has 1 N–H and O–H groups in total. The number of carbonyl (C=O) groups is 1. The first kappa shape index (κ1) is 21.4. The molecular weight excluding hydrogens is 384 g/mol. The van der Waals surface area contributed by atoms with Gasteiger partial charge in [0, 0.05) is 12.6 Å². The lowest BCUT2D eigenvalue weighted by Gasteiger charge is -2.11. The van der Waals surface area contributed by atoms with E-state index in [4.69, 9.17) is 0 Å². The molecule has 2 aromatic rings. The Morgan fingerprint density at radius 3 is 2.48 bits per heavy atom. The summed E-state index contributed by atoms with van der Waals surface area (Å²) in [5.41, 5.74) is 1.00. The van der Waals surface area contributed by atoms with Gasteiger partial charge in [0.05, 0.1) is 10.6 Å². The van der Waals surface area contributed by atoms with Crippen molar-refractivity contribution in [3.05, 3.63) is 35.7 Å². The van der Waals surface area contributed by atoms with Gasteiger partial charge >= 0.3 is 0 Å². The molecule has 1 heterocycles. The molecule has 27 heavy (non-hydrogen) atoms. The molecule has 0 saturated carbocycles. The summed E-state index contributed by atoms with van der Waals surface area (Å²) in [6.07, 6.45) is 0.864. The van der Waals surface area contributed by atoms with Crippen LogP contribution in [0.15, 0.2) is 34.3 Å². The van der Waals surface area contributed by atoms with Gasteiger partial charge in [-0.05, 0) is 39.3 Å². The van der Waals surface area contributed by atoms with Crippen LogP contribution in [0.2, 0.25) is 0 Å². The van der Waals surface area contributed by atoms with Crippen LogP contribution in [-0.2, 0) is 26.9 Å². The van der Waals surface area contributed by atoms with Gasteiger partial charge in [0.2, 0.25) is 5.91 Å². The molecular formula is C18H26N4O3S2. The third kappa shape index (κ3) is 5.80. The zero-order chi connectivity index (χ0) is 20.0. The highest BCUT2D eigenvalue weighted by Crippen LogP contribution is 2.21. The molecule has 1 amide bonds. The second-order valence-electron chi connectivity index (χ2n) is 6.38. The maximum atomic E-state index is 12.7. The third-order valence-electron chi connectivity index (χ3n) is 4.16. The van der Waals surface area contributed by atoms with Crippen LogP contribution >= 0.6 is 11.8 Å². The second-order valence-corrected chi connectivity index (χ2v) is 9.31. The van der Waals surface area contributed by atoms with Crippen LogP contribution in [0.4, 0.5) is 0 Å². The fourth-order valence-electron chi connectivity index (χ4n) is 2.40. The molecule has 0 saturated heterocycles. The molecule has 0 aliphatic heterocycles. The van der Waals surface area contributed by atoms with E-state index in [0.717, 1.165) is 12.0 Å². The third-order valence-corrected chi connectivity index (χ3v) is 6.76. The lowest BCUT2D eigenvalue weighted by Crippen LogP contribution is -2.33. The molecule has 1 atom stereocenters. The van der Waals surface area contributed by atoms with Gasteiger partial charge in [-0.25, -0.2) is 8.42 Å². The molecule has 0 radical (unpaired) electrons. The number of rotatable bonds is 9. The number of aryl methyl sites for hydroxylation is 1. The highest BCUT2D eigenvalue weighted by atomic mass is 32.2. The minimum absolute atomic E-state index is 0.0752. The number of aromatic nitrogens is 3. The smallest absolute Gasteiger partial charge is 0.230 e. The summed E-state index contributed by atoms with van der Waals surface area (Å²) in [4.78, 5) is 12.2. The lowest BCUT2D eigenvalue weighted by molar-refractivity contribution is -0.119. The van der Waals surface area contributed by atoms with Crippen LogP contribution in [0.25, 0.3) is 0 Å². The van der Waals surface area contributed by atoms with Gasteiger partial charge in [0.15, 0.2) is 15.0 Å². The van der Waals surface area contributed by atoms with Gasteiger partial charge in [0.25, 0.3) is 0 Å². The van der Waals surface area contributed by atoms with Crippen molar-refractivity contribution < 1.29 is 13.2 Å². The summed E-state index contributed by atoms with van der Waals surface area (Å²) in [7, 11) is -3.51. The van der Waals surface area contributed by atoms with Crippen LogP contribution in [0, 0.1) is 6.92 Å². The van der Waals surface area contributed by atoms with E-state index in [0.29, 0.717) is 17.5 Å². The van der Waals surface area contributed by atoms with Crippen molar-refractivity contribution in [2.75, 3.05) is 5.75 Å². The molecule has 2 rings (SSSR count). The van der Waals surface area contributed by atoms with Crippen LogP contribution < -0.4 is 5.32 Å². The number of amides is 1. The van der Waals surface area contributed by atoms with Gasteiger partial charge in [-0.1, -0.05) is 36.4 Å². The van der Waals surface area contributed by atoms with Crippen molar-refractivity contribution in [1.82, 2.24) is 20.1 Å². The van der Waals surface area contributed by atoms with E-state index in [-0.39, 0.29) is 28.4 Å². The topological polar surface area (TPSA) is 94.0 Å². The van der Waals surface area contributed by atoms with Crippen molar-refractivity contribution in [2.24, 2.45) is 0 Å². The number of sulfone groups is 1. The fraction of sp³-hybridized carbons (Fsp3) is 0.500. The van der Waals surface area contributed by atoms with Gasteiger partial charge in [-0.3, -0.25) is 4.79 Å². The average molecular weight is 411 g/mol. The van der Waals surface area contributed by atoms with Crippen LogP contribution in [0.5, 0.6) is 0 Å². The normalized spacial score (nSPS) is 12.7. The molecule has 1 aromatic carbocycles. The highest BCUT2D eigenvalue weighted by molar-refractivity contribution is 7.99. The average Bonchev–Trinajstić information content (AvgIpc) is 3.01. The quantitative estimate of drug-likeness (QED) is 0.639. The van der Waals surface area contributed by atoms with Gasteiger partial charge < -0.3 is 9.88 Å². The first-order valence-electron chi connectivity index (χ1n) is 8.90. The molecule has 7 nitrogen and oxygen atoms in total. The minimum Gasteiger partial charge on any atom is -0.353 e. The van der Waals surface area contributed by atoms with Crippen molar-refractivity contribution in [3.63, 3.8) is 0 Å². The van der Waals surface area contributed by atoms with Crippen LogP contribution in [0.3, 0.4) is 0 Å². The van der Waals surface area contributed by atoms with Gasteiger partial charge in [-0.15, -0.1) is 10.2 Å². The number of nitrogens with one attached hydrogen (secondary N) is 1. The Morgan fingerprint density at radius 1 is 1.22 bits per heavy atom. The Hall–Kier alpha value is -1.87. The standard InChI is InChI=1S/C18H26N4O3S2/c1-5-14(4)19-17(23)11-26-18-21-20-16(22(18)6-2)12-27(24,25)15-9-7-13(3)8-10-15/h7-10,14H,5-6,11-12H2,1-4H3,(H,19,23). The summed E-state index contributed by atoms with van der Waals surface area (Å²) < 4.78 is 27.1. The lowest BCUT2D eigenvalue weighted by atomic mass is 10.2. The first-order valence-corrected chi connectivity index (χ1v) is 11.5. The maximum Gasteiger partial charge on any atom is 0.230 e. The molecule has 1 unspecified atom stereocenters. The van der Waals surface area contributed by atoms with E-state index < -0.39 is 9.84 Å². The molecule has 0 aliphatic rings. The summed E-state index contributed by atoms with van der Waals surface area (Å²) in [5.74, 6) is 0.292. The number of hydrogen-bond donors (Lipinski definition) is 1. The second kappa shape index (κ2) is 9.36. The van der Waals surface area contributed by atoms with Crippen molar-refractivity contribution >= 4 is 27.5 Å². The Balaban J connectivity index is 2.11. The monoisotopic (exact) mass is 410 g/mol. The van der Waals surface area contributed by atoms with E-state index >= 15 is 0 Å². The molecule has 0 aliphatic carbocycles. The maximum absolute atomic E-state index is 12.7. The van der Waals surface area contributed by atoms with E-state index in [9.17, 15) is 13.2 Å². The van der Waals surface area contributed by atoms with E-state index in [1.807, 2.05) is 27.7 Å². The van der Waals surface area contributed by atoms with Crippen molar-refractivity contribution in [3.8, 4) is 0 Å². The Kier molecular flexibility index (Phi) is 7.43. The minimum atomic E-state index is -3.51.